The third-order valence-corrected chi connectivity index (χ3v) is 5.20. The first-order valence-corrected chi connectivity index (χ1v) is 9.29. The molecular weight excluding hydrogens is 354 g/mol. The summed E-state index contributed by atoms with van der Waals surface area (Å²) < 4.78 is 5.63. The minimum Gasteiger partial charge on any atom is -0.496 e. The number of amides is 1. The first-order chi connectivity index (χ1) is 13.6. The quantitative estimate of drug-likeness (QED) is 0.723. The van der Waals surface area contributed by atoms with Gasteiger partial charge in [0, 0.05) is 24.2 Å². The number of hydrogen-bond donors (Lipinski definition) is 1. The van der Waals surface area contributed by atoms with E-state index >= 15 is 0 Å². The van der Waals surface area contributed by atoms with Gasteiger partial charge in [0.25, 0.3) is 0 Å². The van der Waals surface area contributed by atoms with Crippen LogP contribution in [0.25, 0.3) is 21.9 Å². The molecule has 5 heteroatoms. The highest BCUT2D eigenvalue weighted by Crippen LogP contribution is 2.40. The third-order valence-electron chi connectivity index (χ3n) is 5.20. The number of benzene rings is 3. The fourth-order valence-corrected chi connectivity index (χ4v) is 3.90. The van der Waals surface area contributed by atoms with Crippen LogP contribution >= 0.6 is 0 Å². The summed E-state index contributed by atoms with van der Waals surface area (Å²) in [6.45, 7) is 0.684. The Morgan fingerprint density at radius 1 is 1.14 bits per heavy atom. The number of ether oxygens (including phenoxy) is 1. The average Bonchev–Trinajstić information content (AvgIpc) is 3.13. The van der Waals surface area contributed by atoms with Crippen molar-refractivity contribution in [2.75, 3.05) is 18.6 Å². The number of nitrogens with zero attached hydrogens (tertiary/aromatic N) is 1. The van der Waals surface area contributed by atoms with Gasteiger partial charge in [-0.05, 0) is 46.5 Å². The van der Waals surface area contributed by atoms with Crippen LogP contribution in [0, 0.1) is 0 Å². The van der Waals surface area contributed by atoms with E-state index < -0.39 is 5.97 Å². The molecule has 142 valence electrons. The van der Waals surface area contributed by atoms with E-state index in [1.807, 2.05) is 54.6 Å². The first-order valence-electron chi connectivity index (χ1n) is 9.29. The Morgan fingerprint density at radius 3 is 2.68 bits per heavy atom. The molecule has 28 heavy (non-hydrogen) atoms. The van der Waals surface area contributed by atoms with Crippen LogP contribution in [-0.4, -0.2) is 30.6 Å². The Balaban J connectivity index is 1.98. The number of hydrogen-bond acceptors (Lipinski definition) is 3. The predicted octanol–water partition coefficient (Wildman–Crippen LogP) is 4.27. The number of carboxylic acids is 1. The van der Waals surface area contributed by atoms with Gasteiger partial charge in [0.15, 0.2) is 0 Å². The van der Waals surface area contributed by atoms with Crippen molar-refractivity contribution in [1.29, 1.82) is 0 Å². The number of rotatable bonds is 5. The molecule has 1 saturated heterocycles. The summed E-state index contributed by atoms with van der Waals surface area (Å²) >= 11 is 0. The van der Waals surface area contributed by atoms with Gasteiger partial charge in [-0.3, -0.25) is 9.59 Å². The van der Waals surface area contributed by atoms with Crippen molar-refractivity contribution >= 4 is 28.3 Å². The van der Waals surface area contributed by atoms with Crippen molar-refractivity contribution in [3.63, 3.8) is 0 Å². The summed E-state index contributed by atoms with van der Waals surface area (Å²) in [6, 6.07) is 17.4. The van der Waals surface area contributed by atoms with Crippen molar-refractivity contribution < 1.29 is 19.4 Å². The molecule has 0 bridgehead atoms. The number of carbonyl (C=O) groups is 2. The maximum atomic E-state index is 12.2. The van der Waals surface area contributed by atoms with Crippen LogP contribution in [0.2, 0.25) is 0 Å². The van der Waals surface area contributed by atoms with Gasteiger partial charge < -0.3 is 14.7 Å². The number of carbonyl (C=O) groups excluding carboxylic acids is 1. The highest BCUT2D eigenvalue weighted by Gasteiger charge is 2.24. The Hall–Kier alpha value is -3.34. The molecule has 1 N–H and O–H groups in total. The summed E-state index contributed by atoms with van der Waals surface area (Å²) in [5.41, 5.74) is 3.12. The van der Waals surface area contributed by atoms with Crippen LogP contribution in [0.3, 0.4) is 0 Å². The molecular formula is C23H21NO4. The van der Waals surface area contributed by atoms with Crippen molar-refractivity contribution in [2.45, 2.75) is 19.3 Å². The van der Waals surface area contributed by atoms with Crippen LogP contribution in [0.5, 0.6) is 5.75 Å². The van der Waals surface area contributed by atoms with Crippen LogP contribution in [0.1, 0.15) is 18.4 Å². The molecule has 1 fully saturated rings. The lowest BCUT2D eigenvalue weighted by Crippen LogP contribution is -2.23. The zero-order valence-electron chi connectivity index (χ0n) is 15.6. The summed E-state index contributed by atoms with van der Waals surface area (Å²) in [6.07, 6.45) is 1.28. The van der Waals surface area contributed by atoms with E-state index in [9.17, 15) is 14.7 Å². The van der Waals surface area contributed by atoms with Gasteiger partial charge >= 0.3 is 5.97 Å². The van der Waals surface area contributed by atoms with Crippen molar-refractivity contribution in [3.05, 3.63) is 60.2 Å². The van der Waals surface area contributed by atoms with E-state index in [1.54, 1.807) is 12.0 Å². The van der Waals surface area contributed by atoms with E-state index in [4.69, 9.17) is 4.74 Å². The highest BCUT2D eigenvalue weighted by molar-refractivity contribution is 6.02. The molecule has 1 heterocycles. The monoisotopic (exact) mass is 375 g/mol. The topological polar surface area (TPSA) is 66.8 Å². The molecule has 5 nitrogen and oxygen atoms in total. The largest absolute Gasteiger partial charge is 0.496 e. The lowest BCUT2D eigenvalue weighted by Gasteiger charge is -2.20. The normalized spacial score (nSPS) is 13.9. The van der Waals surface area contributed by atoms with Crippen LogP contribution < -0.4 is 9.64 Å². The fraction of sp³-hybridized carbons (Fsp3) is 0.217. The Morgan fingerprint density at radius 2 is 1.96 bits per heavy atom. The third kappa shape index (κ3) is 3.20. The SMILES string of the molecule is COc1ccc2ccccc2c1-c1cc(N2CCCC2=O)ccc1CC(=O)O. The molecule has 1 aliphatic rings. The highest BCUT2D eigenvalue weighted by atomic mass is 16.5. The van der Waals surface area contributed by atoms with E-state index in [2.05, 4.69) is 0 Å². The molecule has 0 radical (unpaired) electrons. The molecule has 1 aliphatic heterocycles. The zero-order chi connectivity index (χ0) is 19.7. The predicted molar refractivity (Wildman–Crippen MR) is 109 cm³/mol. The smallest absolute Gasteiger partial charge is 0.307 e. The van der Waals surface area contributed by atoms with Gasteiger partial charge in [0.2, 0.25) is 5.91 Å². The lowest BCUT2D eigenvalue weighted by atomic mass is 9.92. The van der Waals surface area contributed by atoms with E-state index in [0.717, 1.165) is 34.0 Å². The minimum absolute atomic E-state index is 0.0989. The Labute approximate surface area is 163 Å². The number of carboxylic acid groups (broad SMARTS) is 1. The van der Waals surface area contributed by atoms with Crippen LogP contribution in [-0.2, 0) is 16.0 Å². The molecule has 3 aromatic carbocycles. The summed E-state index contributed by atoms with van der Waals surface area (Å²) in [4.78, 5) is 25.5. The summed E-state index contributed by atoms with van der Waals surface area (Å²) in [5, 5.41) is 11.4. The summed E-state index contributed by atoms with van der Waals surface area (Å²) in [7, 11) is 1.61. The Kier molecular flexibility index (Phi) is 4.74. The molecule has 0 saturated carbocycles. The second kappa shape index (κ2) is 7.35. The fourth-order valence-electron chi connectivity index (χ4n) is 3.90. The maximum absolute atomic E-state index is 12.2. The molecule has 0 atom stereocenters. The van der Waals surface area contributed by atoms with Gasteiger partial charge in [0.05, 0.1) is 13.5 Å². The minimum atomic E-state index is -0.898. The van der Waals surface area contributed by atoms with Crippen molar-refractivity contribution in [2.24, 2.45) is 0 Å². The van der Waals surface area contributed by atoms with Gasteiger partial charge in [-0.2, -0.15) is 0 Å². The molecule has 0 spiro atoms. The molecule has 4 rings (SSSR count). The number of methoxy groups -OCH3 is 1. The molecule has 3 aromatic rings. The molecule has 1 amide bonds. The Bertz CT molecular complexity index is 1070. The lowest BCUT2D eigenvalue weighted by molar-refractivity contribution is -0.136. The van der Waals surface area contributed by atoms with Crippen LogP contribution in [0.15, 0.2) is 54.6 Å². The van der Waals surface area contributed by atoms with Gasteiger partial charge in [-0.15, -0.1) is 0 Å². The van der Waals surface area contributed by atoms with Crippen molar-refractivity contribution in [3.8, 4) is 16.9 Å². The standard InChI is InChI=1S/C23H21NO4/c1-28-20-11-9-15-5-2-3-6-18(15)23(20)19-14-17(24-12-4-7-21(24)25)10-8-16(19)13-22(26)27/h2-3,5-6,8-11,14H,4,7,12-13H2,1H3,(H,26,27). The van der Waals surface area contributed by atoms with E-state index in [1.165, 1.54) is 0 Å². The van der Waals surface area contributed by atoms with E-state index in [-0.39, 0.29) is 12.3 Å². The average molecular weight is 375 g/mol. The molecule has 0 unspecified atom stereocenters. The van der Waals surface area contributed by atoms with Crippen LogP contribution in [0.4, 0.5) is 5.69 Å². The second-order valence-corrected chi connectivity index (χ2v) is 6.92. The van der Waals surface area contributed by atoms with Gasteiger partial charge in [0.1, 0.15) is 5.75 Å². The number of anilines is 1. The zero-order valence-corrected chi connectivity index (χ0v) is 15.6. The first kappa shape index (κ1) is 18.0. The molecule has 0 aromatic heterocycles. The van der Waals surface area contributed by atoms with E-state index in [0.29, 0.717) is 24.3 Å². The molecule has 0 aliphatic carbocycles. The van der Waals surface area contributed by atoms with Crippen molar-refractivity contribution in [1.82, 2.24) is 0 Å². The maximum Gasteiger partial charge on any atom is 0.307 e. The van der Waals surface area contributed by atoms with Gasteiger partial charge in [-0.1, -0.05) is 36.4 Å². The summed E-state index contributed by atoms with van der Waals surface area (Å²) in [5.74, 6) is -0.123. The van der Waals surface area contributed by atoms with Gasteiger partial charge in [-0.25, -0.2) is 0 Å². The number of aliphatic carboxylic acids is 1. The second-order valence-electron chi connectivity index (χ2n) is 6.92. The number of fused-ring (bicyclic) bond motifs is 1.